The first-order valence-electron chi connectivity index (χ1n) is 11.2. The highest BCUT2D eigenvalue weighted by atomic mass is 35.5. The zero-order valence-corrected chi connectivity index (χ0v) is 20.2. The first-order valence-corrected chi connectivity index (χ1v) is 11.9. The van der Waals surface area contributed by atoms with Gasteiger partial charge in [-0.25, -0.2) is 0 Å². The van der Waals surface area contributed by atoms with Crippen molar-refractivity contribution in [2.75, 3.05) is 10.2 Å². The molecule has 2 aliphatic rings. The molecule has 0 radical (unpaired) electrons. The van der Waals surface area contributed by atoms with Crippen LogP contribution in [0, 0.1) is 0 Å². The monoisotopic (exact) mass is 530 g/mol. The molecule has 1 heterocycles. The van der Waals surface area contributed by atoms with Crippen LogP contribution >= 0.6 is 23.2 Å². The number of alkyl halides is 3. The third-order valence-corrected chi connectivity index (χ3v) is 6.94. The molecule has 0 saturated heterocycles. The fourth-order valence-electron chi connectivity index (χ4n) is 4.91. The fourth-order valence-corrected chi connectivity index (χ4v) is 5.24. The minimum absolute atomic E-state index is 0.0232. The molecule has 36 heavy (non-hydrogen) atoms. The van der Waals surface area contributed by atoms with Crippen molar-refractivity contribution in [2.24, 2.45) is 0 Å². The number of nitrogens with zero attached hydrogens (tertiary/aromatic N) is 1. The second-order valence-electron chi connectivity index (χ2n) is 8.74. The number of hydrogen-bond donors (Lipinski definition) is 1. The molecule has 0 saturated carbocycles. The van der Waals surface area contributed by atoms with Gasteiger partial charge in [0, 0.05) is 27.7 Å². The molecule has 3 aromatic carbocycles. The van der Waals surface area contributed by atoms with Crippen LogP contribution in [0.2, 0.25) is 10.0 Å². The molecule has 2 atom stereocenters. The van der Waals surface area contributed by atoms with Crippen LogP contribution < -0.4 is 10.2 Å². The number of anilines is 2. The molecular weight excluding hydrogens is 512 g/mol. The Balaban J connectivity index is 1.73. The van der Waals surface area contributed by atoms with E-state index in [1.54, 1.807) is 48.5 Å². The third-order valence-electron chi connectivity index (χ3n) is 6.46. The number of carbonyl (C=O) groups excluding carboxylic acids is 2. The SMILES string of the molecule is O=C1C[C@H](c2ccc(Cl)cc2)CC2=C1[C@@H](c1cccc(Cl)c1)N(C(=O)C(F)(F)F)c1ccccc1N2. The first-order chi connectivity index (χ1) is 17.1. The molecule has 0 spiro atoms. The summed E-state index contributed by atoms with van der Waals surface area (Å²) >= 11 is 12.2. The maximum Gasteiger partial charge on any atom is 0.471 e. The van der Waals surface area contributed by atoms with E-state index >= 15 is 0 Å². The van der Waals surface area contributed by atoms with Crippen molar-refractivity contribution in [2.45, 2.75) is 31.0 Å². The van der Waals surface area contributed by atoms with Crippen molar-refractivity contribution in [1.29, 1.82) is 0 Å². The van der Waals surface area contributed by atoms with E-state index in [0.29, 0.717) is 33.3 Å². The Morgan fingerprint density at radius 3 is 2.31 bits per heavy atom. The molecule has 5 rings (SSSR count). The summed E-state index contributed by atoms with van der Waals surface area (Å²) in [5.74, 6) is -2.62. The minimum atomic E-state index is -5.17. The van der Waals surface area contributed by atoms with E-state index < -0.39 is 18.1 Å². The molecule has 184 valence electrons. The Morgan fingerprint density at radius 1 is 0.889 bits per heavy atom. The summed E-state index contributed by atoms with van der Waals surface area (Å²) in [5, 5.41) is 4.03. The smallest absolute Gasteiger partial charge is 0.357 e. The van der Waals surface area contributed by atoms with Crippen LogP contribution in [0.5, 0.6) is 0 Å². The van der Waals surface area contributed by atoms with Crippen molar-refractivity contribution >= 4 is 46.3 Å². The normalized spacial score (nSPS) is 19.8. The van der Waals surface area contributed by atoms with Crippen LogP contribution in [0.1, 0.15) is 35.9 Å². The number of benzene rings is 3. The van der Waals surface area contributed by atoms with E-state index in [0.717, 1.165) is 5.56 Å². The number of carbonyl (C=O) groups is 2. The number of ketones is 1. The van der Waals surface area contributed by atoms with E-state index in [1.165, 1.54) is 12.1 Å². The van der Waals surface area contributed by atoms with Crippen molar-refractivity contribution in [3.05, 3.63) is 105 Å². The maximum absolute atomic E-state index is 13.9. The summed E-state index contributed by atoms with van der Waals surface area (Å²) in [4.78, 5) is 27.3. The lowest BCUT2D eigenvalue weighted by Crippen LogP contribution is -2.45. The van der Waals surface area contributed by atoms with Gasteiger partial charge in [-0.15, -0.1) is 0 Å². The van der Waals surface area contributed by atoms with Gasteiger partial charge >= 0.3 is 12.1 Å². The molecule has 1 amide bonds. The van der Waals surface area contributed by atoms with Gasteiger partial charge in [-0.1, -0.05) is 59.6 Å². The van der Waals surface area contributed by atoms with Crippen LogP contribution in [0.4, 0.5) is 24.5 Å². The molecule has 9 heteroatoms. The molecule has 4 nitrogen and oxygen atoms in total. The molecule has 1 aliphatic heterocycles. The lowest BCUT2D eigenvalue weighted by atomic mass is 9.78. The van der Waals surface area contributed by atoms with Crippen LogP contribution in [-0.4, -0.2) is 17.9 Å². The second-order valence-corrected chi connectivity index (χ2v) is 9.62. The molecule has 1 aliphatic carbocycles. The largest absolute Gasteiger partial charge is 0.471 e. The van der Waals surface area contributed by atoms with Gasteiger partial charge in [0.05, 0.1) is 17.4 Å². The Hall–Kier alpha value is -3.29. The molecule has 0 unspecified atom stereocenters. The van der Waals surface area contributed by atoms with Crippen molar-refractivity contribution < 1.29 is 22.8 Å². The summed E-state index contributed by atoms with van der Waals surface area (Å²) in [6.07, 6.45) is -4.73. The summed E-state index contributed by atoms with van der Waals surface area (Å²) in [7, 11) is 0. The lowest BCUT2D eigenvalue weighted by molar-refractivity contribution is -0.170. The number of rotatable bonds is 2. The number of fused-ring (bicyclic) bond motifs is 1. The molecular formula is C27H19Cl2F3N2O2. The standard InChI is InChI=1S/C27H19Cl2F3N2O2/c28-18-10-8-15(9-11-18)17-13-21-24(23(35)14-17)25(16-4-3-5-19(29)12-16)34(26(36)27(30,31)32)22-7-2-1-6-20(22)33-21/h1-12,17,25,33H,13-14H2/t17-,25-/m1/s1. The molecule has 0 bridgehead atoms. The van der Waals surface area contributed by atoms with Crippen LogP contribution in [0.25, 0.3) is 0 Å². The second kappa shape index (κ2) is 9.30. The Kier molecular flexibility index (Phi) is 6.30. The summed E-state index contributed by atoms with van der Waals surface area (Å²) in [6, 6.07) is 18.3. The van der Waals surface area contributed by atoms with Gasteiger partial charge < -0.3 is 5.32 Å². The number of allylic oxidation sites excluding steroid dienone is 1. The van der Waals surface area contributed by atoms with Gasteiger partial charge in [0.25, 0.3) is 0 Å². The number of halogens is 5. The van der Waals surface area contributed by atoms with E-state index in [-0.39, 0.29) is 34.4 Å². The van der Waals surface area contributed by atoms with Crippen molar-refractivity contribution in [1.82, 2.24) is 0 Å². The maximum atomic E-state index is 13.9. The van der Waals surface area contributed by atoms with Gasteiger partial charge in [0.2, 0.25) is 0 Å². The van der Waals surface area contributed by atoms with Gasteiger partial charge in [-0.05, 0) is 59.9 Å². The quantitative estimate of drug-likeness (QED) is 0.374. The van der Waals surface area contributed by atoms with E-state index in [2.05, 4.69) is 5.32 Å². The van der Waals surface area contributed by atoms with Gasteiger partial charge in [0.15, 0.2) is 5.78 Å². The Morgan fingerprint density at radius 2 is 1.61 bits per heavy atom. The number of para-hydroxylation sites is 2. The Labute approximate surface area is 215 Å². The predicted octanol–water partition coefficient (Wildman–Crippen LogP) is 7.46. The highest BCUT2D eigenvalue weighted by molar-refractivity contribution is 6.31. The fraction of sp³-hybridized carbons (Fsp3) is 0.185. The van der Waals surface area contributed by atoms with Gasteiger partial charge in [0.1, 0.15) is 0 Å². The van der Waals surface area contributed by atoms with Gasteiger partial charge in [-0.3, -0.25) is 14.5 Å². The topological polar surface area (TPSA) is 49.4 Å². The summed E-state index contributed by atoms with van der Waals surface area (Å²) in [6.45, 7) is 0. The van der Waals surface area contributed by atoms with Gasteiger partial charge in [-0.2, -0.15) is 13.2 Å². The molecule has 0 aromatic heterocycles. The lowest BCUT2D eigenvalue weighted by Gasteiger charge is -2.35. The zero-order chi connectivity index (χ0) is 25.6. The van der Waals surface area contributed by atoms with E-state index in [1.807, 2.05) is 12.1 Å². The zero-order valence-electron chi connectivity index (χ0n) is 18.7. The van der Waals surface area contributed by atoms with Crippen LogP contribution in [0.15, 0.2) is 84.1 Å². The highest BCUT2D eigenvalue weighted by Crippen LogP contribution is 2.48. The molecule has 1 N–H and O–H groups in total. The van der Waals surface area contributed by atoms with Crippen LogP contribution in [0.3, 0.4) is 0 Å². The van der Waals surface area contributed by atoms with Crippen molar-refractivity contribution in [3.63, 3.8) is 0 Å². The number of nitrogens with one attached hydrogen (secondary N) is 1. The van der Waals surface area contributed by atoms with Crippen LogP contribution in [-0.2, 0) is 9.59 Å². The molecule has 0 fully saturated rings. The average Bonchev–Trinajstić information content (AvgIpc) is 2.98. The number of amides is 1. The van der Waals surface area contributed by atoms with E-state index in [9.17, 15) is 22.8 Å². The first kappa shape index (κ1) is 24.4. The van der Waals surface area contributed by atoms with E-state index in [4.69, 9.17) is 23.2 Å². The Bertz CT molecular complexity index is 1390. The highest BCUT2D eigenvalue weighted by Gasteiger charge is 2.50. The predicted molar refractivity (Wildman–Crippen MR) is 133 cm³/mol. The number of hydrogen-bond acceptors (Lipinski definition) is 3. The number of Topliss-reactive ketones (excluding diaryl/α,β-unsaturated/α-hetero) is 1. The average molecular weight is 531 g/mol. The summed E-state index contributed by atoms with van der Waals surface area (Å²) < 4.78 is 41.7. The summed E-state index contributed by atoms with van der Waals surface area (Å²) in [5.41, 5.74) is 2.12. The van der Waals surface area contributed by atoms with Crippen molar-refractivity contribution in [3.8, 4) is 0 Å². The minimum Gasteiger partial charge on any atom is -0.357 e. The third kappa shape index (κ3) is 4.49. The molecule has 3 aromatic rings.